The molecule has 0 unspecified atom stereocenters. The largest absolute Gasteiger partial charge is 0.491 e. The van der Waals surface area contributed by atoms with Crippen LogP contribution in [0, 0.1) is 0 Å². The van der Waals surface area contributed by atoms with Crippen LogP contribution in [0.25, 0.3) is 17.0 Å². The molecule has 0 fully saturated rings. The molecule has 1 aromatic heterocycles. The van der Waals surface area contributed by atoms with Crippen molar-refractivity contribution in [3.63, 3.8) is 0 Å². The van der Waals surface area contributed by atoms with Gasteiger partial charge in [0.05, 0.1) is 5.56 Å². The summed E-state index contributed by atoms with van der Waals surface area (Å²) in [6, 6.07) is 15.4. The molecule has 4 nitrogen and oxygen atoms in total. The maximum atomic E-state index is 12.6. The first kappa shape index (κ1) is 17.0. The van der Waals surface area contributed by atoms with Gasteiger partial charge in [-0.05, 0) is 50.0 Å². The number of allylic oxidation sites excluding steroid dienone is 1. The quantitative estimate of drug-likeness (QED) is 0.525. The molecule has 0 amide bonds. The number of hydrogen-bond donors (Lipinski definition) is 1. The van der Waals surface area contributed by atoms with Gasteiger partial charge in [-0.15, -0.1) is 0 Å². The Bertz CT molecular complexity index is 894. The number of H-pyrrole nitrogens is 1. The van der Waals surface area contributed by atoms with E-state index in [2.05, 4.69) is 4.98 Å². The summed E-state index contributed by atoms with van der Waals surface area (Å²) in [4.78, 5) is 17.8. The normalized spacial score (nSPS) is 11.5. The molecule has 0 aliphatic rings. The van der Waals surface area contributed by atoms with Gasteiger partial charge >= 0.3 is 0 Å². The van der Waals surface area contributed by atoms with E-state index in [-0.39, 0.29) is 5.78 Å². The lowest BCUT2D eigenvalue weighted by molar-refractivity contribution is 0.104. The Morgan fingerprint density at radius 1 is 1.12 bits per heavy atom. The van der Waals surface area contributed by atoms with Crippen LogP contribution >= 0.6 is 0 Å². The number of rotatable bonds is 7. The maximum Gasteiger partial charge on any atom is 0.189 e. The molecule has 0 spiro atoms. The van der Waals surface area contributed by atoms with Crippen molar-refractivity contribution in [3.05, 3.63) is 71.9 Å². The summed E-state index contributed by atoms with van der Waals surface area (Å²) in [6.45, 7) is 1.34. The summed E-state index contributed by atoms with van der Waals surface area (Å²) in [5.41, 5.74) is 2.65. The van der Waals surface area contributed by atoms with Gasteiger partial charge in [0.2, 0.25) is 0 Å². The van der Waals surface area contributed by atoms with Crippen LogP contribution in [0.5, 0.6) is 5.75 Å². The van der Waals surface area contributed by atoms with E-state index in [1.807, 2.05) is 73.7 Å². The van der Waals surface area contributed by atoms with E-state index in [0.29, 0.717) is 17.9 Å². The highest BCUT2D eigenvalue weighted by Crippen LogP contribution is 2.21. The van der Waals surface area contributed by atoms with Gasteiger partial charge in [0.15, 0.2) is 5.78 Å². The molecule has 3 aromatic rings. The minimum absolute atomic E-state index is 0.0620. The maximum absolute atomic E-state index is 12.6. The predicted octanol–water partition coefficient (Wildman–Crippen LogP) is 4.00. The minimum Gasteiger partial charge on any atom is -0.491 e. The van der Waals surface area contributed by atoms with E-state index in [0.717, 1.165) is 23.0 Å². The molecule has 0 bridgehead atoms. The number of para-hydroxylation sites is 1. The molecule has 0 aliphatic carbocycles. The van der Waals surface area contributed by atoms with Crippen molar-refractivity contribution in [3.8, 4) is 5.75 Å². The number of nitrogens with one attached hydrogen (secondary N) is 1. The van der Waals surface area contributed by atoms with Gasteiger partial charge in [-0.1, -0.05) is 30.3 Å². The number of aromatic amines is 1. The summed E-state index contributed by atoms with van der Waals surface area (Å²) in [5, 5.41) is 1.10. The van der Waals surface area contributed by atoms with E-state index in [9.17, 15) is 4.79 Å². The first-order valence-electron chi connectivity index (χ1n) is 8.30. The van der Waals surface area contributed by atoms with Crippen molar-refractivity contribution >= 4 is 22.8 Å². The Hall–Kier alpha value is -2.85. The van der Waals surface area contributed by atoms with E-state index < -0.39 is 0 Å². The SMILES string of the molecule is CN(C)CCOc1ccccc1C(=O)C=Cc1cccc2[nH]ccc12. The summed E-state index contributed by atoms with van der Waals surface area (Å²) in [5.74, 6) is 0.562. The third-order valence-corrected chi connectivity index (χ3v) is 3.99. The van der Waals surface area contributed by atoms with E-state index >= 15 is 0 Å². The number of likely N-dealkylation sites (N-methyl/N-ethyl adjacent to an activating group) is 1. The number of ether oxygens (including phenoxy) is 1. The summed E-state index contributed by atoms with van der Waals surface area (Å²) in [6.07, 6.45) is 5.36. The van der Waals surface area contributed by atoms with Crippen molar-refractivity contribution in [1.29, 1.82) is 0 Å². The average molecular weight is 334 g/mol. The zero-order chi connectivity index (χ0) is 17.6. The van der Waals surface area contributed by atoms with E-state index in [1.54, 1.807) is 12.1 Å². The minimum atomic E-state index is -0.0620. The Morgan fingerprint density at radius 3 is 2.80 bits per heavy atom. The van der Waals surface area contributed by atoms with Gasteiger partial charge in [0.25, 0.3) is 0 Å². The molecule has 2 aromatic carbocycles. The molecular weight excluding hydrogens is 312 g/mol. The van der Waals surface area contributed by atoms with Crippen molar-refractivity contribution in [1.82, 2.24) is 9.88 Å². The number of carbonyl (C=O) groups is 1. The molecular formula is C21H22N2O2. The van der Waals surface area contributed by atoms with Crippen LogP contribution in [-0.2, 0) is 0 Å². The second kappa shape index (κ2) is 7.81. The van der Waals surface area contributed by atoms with Gasteiger partial charge in [-0.2, -0.15) is 0 Å². The highest BCUT2D eigenvalue weighted by atomic mass is 16.5. The average Bonchev–Trinajstić information content (AvgIpc) is 3.09. The number of hydrogen-bond acceptors (Lipinski definition) is 3. The summed E-state index contributed by atoms with van der Waals surface area (Å²) < 4.78 is 5.78. The zero-order valence-electron chi connectivity index (χ0n) is 14.5. The fourth-order valence-electron chi connectivity index (χ4n) is 2.64. The number of benzene rings is 2. The Balaban J connectivity index is 1.78. The van der Waals surface area contributed by atoms with Crippen molar-refractivity contribution < 1.29 is 9.53 Å². The Labute approximate surface area is 147 Å². The summed E-state index contributed by atoms with van der Waals surface area (Å²) in [7, 11) is 3.98. The second-order valence-corrected chi connectivity index (χ2v) is 6.13. The van der Waals surface area contributed by atoms with Gasteiger partial charge in [0, 0.05) is 23.6 Å². The van der Waals surface area contributed by atoms with Gasteiger partial charge < -0.3 is 14.6 Å². The van der Waals surface area contributed by atoms with Crippen LogP contribution in [0.4, 0.5) is 0 Å². The zero-order valence-corrected chi connectivity index (χ0v) is 14.5. The van der Waals surface area contributed by atoms with Gasteiger partial charge in [0.1, 0.15) is 12.4 Å². The summed E-state index contributed by atoms with van der Waals surface area (Å²) >= 11 is 0. The molecule has 0 atom stereocenters. The van der Waals surface area contributed by atoms with Gasteiger partial charge in [-0.25, -0.2) is 0 Å². The smallest absolute Gasteiger partial charge is 0.189 e. The van der Waals surface area contributed by atoms with Crippen molar-refractivity contribution in [2.24, 2.45) is 0 Å². The molecule has 1 heterocycles. The van der Waals surface area contributed by atoms with E-state index in [4.69, 9.17) is 4.74 Å². The van der Waals surface area contributed by atoms with Crippen LogP contribution in [-0.4, -0.2) is 42.9 Å². The predicted molar refractivity (Wildman–Crippen MR) is 102 cm³/mol. The molecule has 0 radical (unpaired) electrons. The number of aromatic nitrogens is 1. The van der Waals surface area contributed by atoms with Crippen molar-refractivity contribution in [2.45, 2.75) is 0 Å². The number of fused-ring (bicyclic) bond motifs is 1. The molecule has 3 rings (SSSR count). The molecule has 128 valence electrons. The molecule has 25 heavy (non-hydrogen) atoms. The lowest BCUT2D eigenvalue weighted by atomic mass is 10.1. The molecule has 4 heteroatoms. The Morgan fingerprint density at radius 2 is 1.96 bits per heavy atom. The molecule has 1 N–H and O–H groups in total. The molecule has 0 saturated heterocycles. The highest BCUT2D eigenvalue weighted by Gasteiger charge is 2.10. The Kier molecular flexibility index (Phi) is 5.31. The van der Waals surface area contributed by atoms with Gasteiger partial charge in [-0.3, -0.25) is 4.79 Å². The topological polar surface area (TPSA) is 45.3 Å². The fourth-order valence-corrected chi connectivity index (χ4v) is 2.64. The van der Waals surface area contributed by atoms with Crippen LogP contribution in [0.2, 0.25) is 0 Å². The number of nitrogens with zero attached hydrogens (tertiary/aromatic N) is 1. The van der Waals surface area contributed by atoms with Crippen molar-refractivity contribution in [2.75, 3.05) is 27.2 Å². The van der Waals surface area contributed by atoms with Crippen LogP contribution in [0.1, 0.15) is 15.9 Å². The molecule has 0 saturated carbocycles. The third kappa shape index (κ3) is 4.17. The lowest BCUT2D eigenvalue weighted by Gasteiger charge is -2.12. The van der Waals surface area contributed by atoms with Crippen LogP contribution < -0.4 is 4.74 Å². The first-order chi connectivity index (χ1) is 12.1. The third-order valence-electron chi connectivity index (χ3n) is 3.99. The first-order valence-corrected chi connectivity index (χ1v) is 8.30. The lowest BCUT2D eigenvalue weighted by Crippen LogP contribution is -2.20. The van der Waals surface area contributed by atoms with E-state index in [1.165, 1.54) is 0 Å². The van der Waals surface area contributed by atoms with Crippen LogP contribution in [0.15, 0.2) is 60.8 Å². The number of carbonyl (C=O) groups excluding carboxylic acids is 1. The second-order valence-electron chi connectivity index (χ2n) is 6.13. The monoisotopic (exact) mass is 334 g/mol. The fraction of sp³-hybridized carbons (Fsp3) is 0.190. The standard InChI is InChI=1S/C21H22N2O2/c1-23(2)14-15-25-21-9-4-3-7-18(21)20(24)11-10-16-6-5-8-19-17(16)12-13-22-19/h3-13,22H,14-15H2,1-2H3. The highest BCUT2D eigenvalue weighted by molar-refractivity contribution is 6.09. The van der Waals surface area contributed by atoms with Crippen LogP contribution in [0.3, 0.4) is 0 Å². The number of ketones is 1. The molecule has 0 aliphatic heterocycles.